The number of piperidine rings is 1. The van der Waals surface area contributed by atoms with Crippen LogP contribution in [0.3, 0.4) is 0 Å². The van der Waals surface area contributed by atoms with Crippen LogP contribution >= 0.6 is 0 Å². The molecule has 0 aromatic heterocycles. The molecule has 5 nitrogen and oxygen atoms in total. The predicted molar refractivity (Wildman–Crippen MR) is 62.6 cm³/mol. The van der Waals surface area contributed by atoms with Crippen LogP contribution in [-0.2, 0) is 14.3 Å². The summed E-state index contributed by atoms with van der Waals surface area (Å²) in [6.07, 6.45) is 1.40. The second-order valence-corrected chi connectivity index (χ2v) is 5.42. The minimum atomic E-state index is -0.820. The van der Waals surface area contributed by atoms with E-state index in [-0.39, 0.29) is 18.1 Å². The summed E-state index contributed by atoms with van der Waals surface area (Å²) in [6, 6.07) is 0. The van der Waals surface area contributed by atoms with Gasteiger partial charge in [-0.05, 0) is 33.6 Å². The fraction of sp³-hybridized carbons (Fsp3) is 0.833. The van der Waals surface area contributed by atoms with Crippen LogP contribution < -0.4 is 0 Å². The number of carboxylic acids is 1. The van der Waals surface area contributed by atoms with Crippen molar-refractivity contribution in [2.24, 2.45) is 5.92 Å². The zero-order valence-electron chi connectivity index (χ0n) is 10.7. The van der Waals surface area contributed by atoms with Gasteiger partial charge in [-0.3, -0.25) is 9.59 Å². The van der Waals surface area contributed by atoms with Gasteiger partial charge in [0.15, 0.2) is 0 Å². The van der Waals surface area contributed by atoms with E-state index in [1.807, 2.05) is 20.8 Å². The number of rotatable bonds is 3. The first-order valence-corrected chi connectivity index (χ1v) is 5.94. The standard InChI is InChI=1S/C12H21NO4/c1-12(2,3)17-8-10(14)13-6-4-5-9(7-13)11(15)16/h9H,4-8H2,1-3H3,(H,15,16)/t9-/m0/s1. The number of hydrogen-bond donors (Lipinski definition) is 1. The molecular weight excluding hydrogens is 222 g/mol. The third-order valence-corrected chi connectivity index (χ3v) is 2.75. The van der Waals surface area contributed by atoms with Gasteiger partial charge in [0, 0.05) is 13.1 Å². The molecule has 0 unspecified atom stereocenters. The average Bonchev–Trinajstić information content (AvgIpc) is 2.25. The Morgan fingerprint density at radius 3 is 2.59 bits per heavy atom. The fourth-order valence-electron chi connectivity index (χ4n) is 1.77. The first-order chi connectivity index (χ1) is 7.79. The second-order valence-electron chi connectivity index (χ2n) is 5.42. The van der Waals surface area contributed by atoms with E-state index in [2.05, 4.69) is 0 Å². The molecule has 1 aliphatic rings. The Morgan fingerprint density at radius 2 is 2.06 bits per heavy atom. The lowest BCUT2D eigenvalue weighted by molar-refractivity contribution is -0.149. The highest BCUT2D eigenvalue weighted by Gasteiger charge is 2.28. The van der Waals surface area contributed by atoms with Gasteiger partial charge in [-0.1, -0.05) is 0 Å². The molecule has 0 saturated carbocycles. The largest absolute Gasteiger partial charge is 0.481 e. The van der Waals surface area contributed by atoms with E-state index >= 15 is 0 Å². The number of carbonyl (C=O) groups excluding carboxylic acids is 1. The third kappa shape index (κ3) is 4.73. The molecule has 0 aliphatic carbocycles. The van der Waals surface area contributed by atoms with Gasteiger partial charge < -0.3 is 14.7 Å². The Bertz CT molecular complexity index is 295. The molecule has 0 bridgehead atoms. The Balaban J connectivity index is 2.44. The summed E-state index contributed by atoms with van der Waals surface area (Å²) in [5.74, 6) is -1.37. The fourth-order valence-corrected chi connectivity index (χ4v) is 1.77. The quantitative estimate of drug-likeness (QED) is 0.806. The van der Waals surface area contributed by atoms with Gasteiger partial charge in [-0.2, -0.15) is 0 Å². The first kappa shape index (κ1) is 14.0. The van der Waals surface area contributed by atoms with Crippen molar-refractivity contribution in [2.45, 2.75) is 39.2 Å². The van der Waals surface area contributed by atoms with Crippen molar-refractivity contribution < 1.29 is 19.4 Å². The maximum absolute atomic E-state index is 11.8. The van der Waals surface area contributed by atoms with Gasteiger partial charge in [-0.15, -0.1) is 0 Å². The number of likely N-dealkylation sites (tertiary alicyclic amines) is 1. The number of nitrogens with zero attached hydrogens (tertiary/aromatic N) is 1. The molecule has 0 spiro atoms. The van der Waals surface area contributed by atoms with Gasteiger partial charge in [0.2, 0.25) is 5.91 Å². The highest BCUT2D eigenvalue weighted by Crippen LogP contribution is 2.17. The number of ether oxygens (including phenoxy) is 1. The molecule has 0 aromatic carbocycles. The van der Waals surface area contributed by atoms with E-state index < -0.39 is 11.9 Å². The minimum Gasteiger partial charge on any atom is -0.481 e. The van der Waals surface area contributed by atoms with Gasteiger partial charge in [-0.25, -0.2) is 0 Å². The lowest BCUT2D eigenvalue weighted by Crippen LogP contribution is -2.44. The predicted octanol–water partition coefficient (Wildman–Crippen LogP) is 1.12. The number of hydrogen-bond acceptors (Lipinski definition) is 3. The van der Waals surface area contributed by atoms with Crippen molar-refractivity contribution in [2.75, 3.05) is 19.7 Å². The van der Waals surface area contributed by atoms with Crippen LogP contribution in [0.5, 0.6) is 0 Å². The summed E-state index contributed by atoms with van der Waals surface area (Å²) in [5, 5.41) is 8.93. The molecule has 1 saturated heterocycles. The Hall–Kier alpha value is -1.10. The van der Waals surface area contributed by atoms with E-state index in [0.29, 0.717) is 19.5 Å². The third-order valence-electron chi connectivity index (χ3n) is 2.75. The maximum atomic E-state index is 11.8. The van der Waals surface area contributed by atoms with Crippen LogP contribution in [0.25, 0.3) is 0 Å². The summed E-state index contributed by atoms with van der Waals surface area (Å²) in [4.78, 5) is 24.3. The van der Waals surface area contributed by atoms with E-state index in [1.54, 1.807) is 4.90 Å². The van der Waals surface area contributed by atoms with Crippen LogP contribution in [0.15, 0.2) is 0 Å². The van der Waals surface area contributed by atoms with E-state index in [0.717, 1.165) is 6.42 Å². The van der Waals surface area contributed by atoms with E-state index in [4.69, 9.17) is 9.84 Å². The molecular formula is C12H21NO4. The number of carbonyl (C=O) groups is 2. The van der Waals surface area contributed by atoms with E-state index in [1.165, 1.54) is 0 Å². The summed E-state index contributed by atoms with van der Waals surface area (Å²) in [5.41, 5.74) is -0.350. The molecule has 1 rings (SSSR count). The highest BCUT2D eigenvalue weighted by atomic mass is 16.5. The summed E-state index contributed by atoms with van der Waals surface area (Å²) >= 11 is 0. The molecule has 5 heteroatoms. The molecule has 0 aromatic rings. The molecule has 1 heterocycles. The molecule has 1 atom stereocenters. The van der Waals surface area contributed by atoms with E-state index in [9.17, 15) is 9.59 Å². The summed E-state index contributed by atoms with van der Waals surface area (Å²) in [6.45, 7) is 6.62. The van der Waals surface area contributed by atoms with Crippen LogP contribution in [0.2, 0.25) is 0 Å². The topological polar surface area (TPSA) is 66.8 Å². The molecule has 1 aliphatic heterocycles. The second kappa shape index (κ2) is 5.49. The van der Waals surface area contributed by atoms with Crippen LogP contribution in [0, 0.1) is 5.92 Å². The maximum Gasteiger partial charge on any atom is 0.308 e. The van der Waals surface area contributed by atoms with Crippen molar-refractivity contribution in [3.8, 4) is 0 Å². The Morgan fingerprint density at radius 1 is 1.41 bits per heavy atom. The lowest BCUT2D eigenvalue weighted by atomic mass is 9.98. The van der Waals surface area contributed by atoms with Gasteiger partial charge in [0.05, 0.1) is 11.5 Å². The molecule has 98 valence electrons. The summed E-state index contributed by atoms with van der Waals surface area (Å²) < 4.78 is 5.40. The van der Waals surface area contributed by atoms with Crippen molar-refractivity contribution in [3.63, 3.8) is 0 Å². The van der Waals surface area contributed by atoms with Crippen LogP contribution in [-0.4, -0.2) is 47.2 Å². The highest BCUT2D eigenvalue weighted by molar-refractivity contribution is 5.79. The molecule has 1 amide bonds. The van der Waals surface area contributed by atoms with Crippen LogP contribution in [0.4, 0.5) is 0 Å². The van der Waals surface area contributed by atoms with Gasteiger partial charge >= 0.3 is 5.97 Å². The van der Waals surface area contributed by atoms with Crippen LogP contribution in [0.1, 0.15) is 33.6 Å². The van der Waals surface area contributed by atoms with Gasteiger partial charge in [0.1, 0.15) is 6.61 Å². The number of carboxylic acid groups (broad SMARTS) is 1. The number of amides is 1. The first-order valence-electron chi connectivity index (χ1n) is 5.94. The average molecular weight is 243 g/mol. The SMILES string of the molecule is CC(C)(C)OCC(=O)N1CCC[C@H](C(=O)O)C1. The summed E-state index contributed by atoms with van der Waals surface area (Å²) in [7, 11) is 0. The van der Waals surface area contributed by atoms with Crippen molar-refractivity contribution in [1.82, 2.24) is 4.90 Å². The van der Waals surface area contributed by atoms with Crippen molar-refractivity contribution in [1.29, 1.82) is 0 Å². The molecule has 1 fully saturated rings. The zero-order chi connectivity index (χ0) is 13.1. The zero-order valence-corrected chi connectivity index (χ0v) is 10.7. The Labute approximate surface area is 102 Å². The molecule has 17 heavy (non-hydrogen) atoms. The minimum absolute atomic E-state index is 0.0236. The molecule has 0 radical (unpaired) electrons. The normalized spacial score (nSPS) is 21.4. The van der Waals surface area contributed by atoms with Gasteiger partial charge in [0.25, 0.3) is 0 Å². The van der Waals surface area contributed by atoms with Crippen molar-refractivity contribution >= 4 is 11.9 Å². The van der Waals surface area contributed by atoms with Crippen molar-refractivity contribution in [3.05, 3.63) is 0 Å². The number of aliphatic carboxylic acids is 1. The molecule has 1 N–H and O–H groups in total. The monoisotopic (exact) mass is 243 g/mol. The lowest BCUT2D eigenvalue weighted by Gasteiger charge is -2.31. The Kier molecular flexibility index (Phi) is 4.51. The smallest absolute Gasteiger partial charge is 0.308 e.